The van der Waals surface area contributed by atoms with E-state index in [1.54, 1.807) is 25.1 Å². The molecule has 0 saturated carbocycles. The van der Waals surface area contributed by atoms with Gasteiger partial charge in [-0.1, -0.05) is 11.6 Å². The number of nitrogens with zero attached hydrogens (tertiary/aromatic N) is 1. The molecule has 26 heavy (non-hydrogen) atoms. The number of carbonyl (C=O) groups excluding carboxylic acids is 1. The van der Waals surface area contributed by atoms with Crippen molar-refractivity contribution in [3.05, 3.63) is 60.9 Å². The van der Waals surface area contributed by atoms with Crippen LogP contribution in [0.3, 0.4) is 0 Å². The van der Waals surface area contributed by atoms with Crippen LogP contribution in [-0.2, 0) is 11.2 Å². The van der Waals surface area contributed by atoms with Crippen molar-refractivity contribution < 1.29 is 9.53 Å². The molecule has 0 radical (unpaired) electrons. The predicted octanol–water partition coefficient (Wildman–Crippen LogP) is 1.51. The molecule has 9 heteroatoms. The molecule has 3 N–H and O–H groups in total. The second kappa shape index (κ2) is 8.48. The van der Waals surface area contributed by atoms with Crippen LogP contribution in [0.15, 0.2) is 32.9 Å². The molecule has 0 spiro atoms. The molecule has 0 fully saturated rings. The second-order valence-corrected chi connectivity index (χ2v) is 6.25. The molecule has 138 valence electrons. The van der Waals surface area contributed by atoms with Crippen LogP contribution >= 0.6 is 11.6 Å². The van der Waals surface area contributed by atoms with Crippen LogP contribution in [0.4, 0.5) is 0 Å². The highest BCUT2D eigenvalue weighted by Gasteiger charge is 2.10. The molecular weight excluding hydrogens is 360 g/mol. The molecule has 8 nitrogen and oxygen atoms in total. The summed E-state index contributed by atoms with van der Waals surface area (Å²) in [6, 6.07) is 5.12. The van der Waals surface area contributed by atoms with Gasteiger partial charge in [-0.15, -0.1) is 0 Å². The second-order valence-electron chi connectivity index (χ2n) is 5.84. The number of aromatic amines is 2. The van der Waals surface area contributed by atoms with E-state index in [1.807, 2.05) is 13.8 Å². The highest BCUT2D eigenvalue weighted by atomic mass is 35.5. The molecule has 1 heterocycles. The van der Waals surface area contributed by atoms with Crippen molar-refractivity contribution in [3.8, 4) is 5.75 Å². The average molecular weight is 379 g/mol. The van der Waals surface area contributed by atoms with Crippen LogP contribution in [0.1, 0.15) is 30.7 Å². The summed E-state index contributed by atoms with van der Waals surface area (Å²) in [7, 11) is 0. The van der Waals surface area contributed by atoms with Crippen LogP contribution < -0.4 is 21.4 Å². The van der Waals surface area contributed by atoms with Gasteiger partial charge in [-0.25, -0.2) is 10.2 Å². The van der Waals surface area contributed by atoms with Crippen LogP contribution in [0, 0.1) is 6.92 Å². The van der Waals surface area contributed by atoms with E-state index in [2.05, 4.69) is 20.5 Å². The quantitative estimate of drug-likeness (QED) is 0.521. The van der Waals surface area contributed by atoms with Crippen molar-refractivity contribution in [2.45, 2.75) is 33.3 Å². The summed E-state index contributed by atoms with van der Waals surface area (Å²) in [6.45, 7) is 5.35. The number of H-pyrrole nitrogens is 2. The lowest BCUT2D eigenvalue weighted by molar-refractivity contribution is -0.120. The summed E-state index contributed by atoms with van der Waals surface area (Å²) in [4.78, 5) is 39.3. The van der Waals surface area contributed by atoms with Crippen molar-refractivity contribution in [1.82, 2.24) is 15.4 Å². The van der Waals surface area contributed by atoms with Crippen LogP contribution in [0.25, 0.3) is 0 Å². The maximum Gasteiger partial charge on any atom is 0.325 e. The standard InChI is InChI=1S/C17H19ClN4O4/c1-9(2)26-14-5-4-11(6-13(14)18)8-19-22-15(23)7-12-10(3)20-17(25)21-16(12)24/h4-6,8-9H,7H2,1-3H3,(H,22,23)(H2,20,21,24,25)/b19-8-. The first-order valence-electron chi connectivity index (χ1n) is 7.86. The molecule has 0 aliphatic rings. The van der Waals surface area contributed by atoms with Gasteiger partial charge in [0.15, 0.2) is 0 Å². The van der Waals surface area contributed by atoms with E-state index < -0.39 is 17.2 Å². The first-order valence-corrected chi connectivity index (χ1v) is 8.24. The highest BCUT2D eigenvalue weighted by Crippen LogP contribution is 2.25. The van der Waals surface area contributed by atoms with E-state index >= 15 is 0 Å². The van der Waals surface area contributed by atoms with Gasteiger partial charge >= 0.3 is 5.69 Å². The first kappa shape index (κ1) is 19.5. The van der Waals surface area contributed by atoms with E-state index in [4.69, 9.17) is 16.3 Å². The van der Waals surface area contributed by atoms with E-state index in [1.165, 1.54) is 6.21 Å². The number of ether oxygens (including phenoxy) is 1. The van der Waals surface area contributed by atoms with Crippen molar-refractivity contribution in [2.24, 2.45) is 5.10 Å². The summed E-state index contributed by atoms with van der Waals surface area (Å²) < 4.78 is 5.54. The third-order valence-corrected chi connectivity index (χ3v) is 3.61. The summed E-state index contributed by atoms with van der Waals surface area (Å²) in [6.07, 6.45) is 1.22. The lowest BCUT2D eigenvalue weighted by Gasteiger charge is -2.11. The van der Waals surface area contributed by atoms with Crippen molar-refractivity contribution in [3.63, 3.8) is 0 Å². The van der Waals surface area contributed by atoms with Crippen LogP contribution in [0.2, 0.25) is 5.02 Å². The predicted molar refractivity (Wildman–Crippen MR) is 99.1 cm³/mol. The molecule has 2 aromatic rings. The summed E-state index contributed by atoms with van der Waals surface area (Å²) >= 11 is 6.13. The first-order chi connectivity index (χ1) is 12.3. The number of hydrogen-bond donors (Lipinski definition) is 3. The highest BCUT2D eigenvalue weighted by molar-refractivity contribution is 6.32. The van der Waals surface area contributed by atoms with Gasteiger partial charge in [0.2, 0.25) is 5.91 Å². The number of aromatic nitrogens is 2. The third kappa shape index (κ3) is 5.32. The maximum atomic E-state index is 11.9. The zero-order chi connectivity index (χ0) is 19.3. The Morgan fingerprint density at radius 2 is 2.08 bits per heavy atom. The number of rotatable bonds is 6. The van der Waals surface area contributed by atoms with E-state index in [0.717, 1.165) is 0 Å². The molecule has 0 aliphatic heterocycles. The van der Waals surface area contributed by atoms with Gasteiger partial charge in [0.25, 0.3) is 5.56 Å². The van der Waals surface area contributed by atoms with Crippen LogP contribution in [-0.4, -0.2) is 28.2 Å². The third-order valence-electron chi connectivity index (χ3n) is 3.31. The van der Waals surface area contributed by atoms with Gasteiger partial charge in [-0.3, -0.25) is 14.6 Å². The Morgan fingerprint density at radius 1 is 1.35 bits per heavy atom. The average Bonchev–Trinajstić information content (AvgIpc) is 2.53. The summed E-state index contributed by atoms with van der Waals surface area (Å²) in [5.74, 6) is 0.0726. The van der Waals surface area contributed by atoms with Crippen LogP contribution in [0.5, 0.6) is 5.75 Å². The Hall–Kier alpha value is -2.87. The number of benzene rings is 1. The zero-order valence-corrected chi connectivity index (χ0v) is 15.3. The summed E-state index contributed by atoms with van der Waals surface area (Å²) in [5, 5.41) is 4.27. The fourth-order valence-corrected chi connectivity index (χ4v) is 2.40. The minimum atomic E-state index is -0.614. The van der Waals surface area contributed by atoms with Gasteiger partial charge in [-0.2, -0.15) is 5.10 Å². The van der Waals surface area contributed by atoms with Gasteiger partial charge in [0, 0.05) is 11.3 Å². The monoisotopic (exact) mass is 378 g/mol. The number of hydrogen-bond acceptors (Lipinski definition) is 5. The molecule has 0 bridgehead atoms. The Balaban J connectivity index is 2.00. The number of hydrazone groups is 1. The minimum Gasteiger partial charge on any atom is -0.489 e. The minimum absolute atomic E-state index is 0.00541. The number of halogens is 1. The fourth-order valence-electron chi connectivity index (χ4n) is 2.16. The number of amides is 1. The lowest BCUT2D eigenvalue weighted by Crippen LogP contribution is -2.30. The molecule has 1 amide bonds. The molecule has 0 atom stereocenters. The van der Waals surface area contributed by atoms with Gasteiger partial charge in [0.05, 0.1) is 23.8 Å². The lowest BCUT2D eigenvalue weighted by atomic mass is 10.1. The number of carbonyl (C=O) groups is 1. The largest absolute Gasteiger partial charge is 0.489 e. The van der Waals surface area contributed by atoms with Crippen molar-refractivity contribution in [1.29, 1.82) is 0 Å². The van der Waals surface area contributed by atoms with Gasteiger partial charge in [0.1, 0.15) is 5.75 Å². The van der Waals surface area contributed by atoms with Gasteiger partial charge in [-0.05, 0) is 44.5 Å². The molecule has 2 rings (SSSR count). The molecule has 0 aliphatic carbocycles. The molecule has 1 aromatic carbocycles. The normalized spacial score (nSPS) is 11.1. The number of nitrogens with one attached hydrogen (secondary N) is 3. The van der Waals surface area contributed by atoms with E-state index in [0.29, 0.717) is 22.0 Å². The fraction of sp³-hybridized carbons (Fsp3) is 0.294. The van der Waals surface area contributed by atoms with E-state index in [9.17, 15) is 14.4 Å². The topological polar surface area (TPSA) is 116 Å². The molecular formula is C17H19ClN4O4. The Morgan fingerprint density at radius 3 is 2.69 bits per heavy atom. The number of aryl methyl sites for hydroxylation is 1. The Kier molecular flexibility index (Phi) is 6.35. The smallest absolute Gasteiger partial charge is 0.325 e. The SMILES string of the molecule is Cc1[nH]c(=O)[nH]c(=O)c1CC(=O)N/N=C\c1ccc(OC(C)C)c(Cl)c1. The summed E-state index contributed by atoms with van der Waals surface area (Å²) in [5.41, 5.74) is 2.30. The molecule has 1 aromatic heterocycles. The van der Waals surface area contributed by atoms with E-state index in [-0.39, 0.29) is 18.1 Å². The Labute approximate surface area is 154 Å². The van der Waals surface area contributed by atoms with Crippen molar-refractivity contribution in [2.75, 3.05) is 0 Å². The molecule has 0 saturated heterocycles. The maximum absolute atomic E-state index is 11.9. The zero-order valence-electron chi connectivity index (χ0n) is 14.6. The molecule has 0 unspecified atom stereocenters. The van der Waals surface area contributed by atoms with Gasteiger partial charge < -0.3 is 9.72 Å². The Bertz CT molecular complexity index is 947. The van der Waals surface area contributed by atoms with Crippen molar-refractivity contribution >= 4 is 23.7 Å².